The second-order valence-electron chi connectivity index (χ2n) is 8.10. The second-order valence-corrected chi connectivity index (χ2v) is 9.14. The smallest absolute Gasteiger partial charge is 0.277 e. The molecule has 0 saturated carbocycles. The number of carbonyl (C=O) groups excluding carboxylic acids is 1. The predicted octanol–water partition coefficient (Wildman–Crippen LogP) is 3.07. The molecule has 5 rings (SSSR count). The molecule has 35 heavy (non-hydrogen) atoms. The van der Waals surface area contributed by atoms with Gasteiger partial charge in [-0.15, -0.1) is 0 Å². The fourth-order valence-electron chi connectivity index (χ4n) is 4.33. The molecule has 2 aliphatic rings. The van der Waals surface area contributed by atoms with Crippen molar-refractivity contribution in [3.05, 3.63) is 77.4 Å². The third-order valence-corrected chi connectivity index (χ3v) is 6.85. The summed E-state index contributed by atoms with van der Waals surface area (Å²) in [6.07, 6.45) is 2.81. The van der Waals surface area contributed by atoms with E-state index >= 15 is 4.39 Å². The monoisotopic (exact) mass is 503 g/mol. The van der Waals surface area contributed by atoms with Gasteiger partial charge in [0.1, 0.15) is 17.2 Å². The van der Waals surface area contributed by atoms with Crippen LogP contribution in [-0.2, 0) is 5.54 Å². The predicted molar refractivity (Wildman–Crippen MR) is 122 cm³/mol. The van der Waals surface area contributed by atoms with Crippen LogP contribution in [0.25, 0.3) is 0 Å². The van der Waals surface area contributed by atoms with Gasteiger partial charge in [-0.1, -0.05) is 11.8 Å². The molecule has 1 aromatic carbocycles. The standard InChI is InChI=1S/C22H17F4N7OS/c23-12-3-17(26)18(28-5-12)19(34)31-14-1-2-16(25)15(4-14)22-10-33(21-29-6-13(24)7-30-21)8-11(22)9-35-20(27)32-22/h1-7,11H,8-10H2,(H2,27,32)(H,31,34)/t11-,22?/m0/s1. The Morgan fingerprint density at radius 3 is 2.54 bits per heavy atom. The molecule has 4 heterocycles. The Balaban J connectivity index is 1.50. The molecule has 0 radical (unpaired) electrons. The Labute approximate surface area is 200 Å². The van der Waals surface area contributed by atoms with Crippen molar-refractivity contribution in [1.82, 2.24) is 15.0 Å². The number of nitrogens with one attached hydrogen (secondary N) is 1. The number of amidine groups is 1. The van der Waals surface area contributed by atoms with Crippen LogP contribution in [0, 0.1) is 29.2 Å². The molecule has 3 aromatic rings. The van der Waals surface area contributed by atoms with Crippen LogP contribution >= 0.6 is 11.8 Å². The van der Waals surface area contributed by atoms with Gasteiger partial charge in [0.05, 0.1) is 25.1 Å². The fourth-order valence-corrected chi connectivity index (χ4v) is 5.31. The molecule has 3 N–H and O–H groups in total. The fraction of sp³-hybridized carbons (Fsp3) is 0.227. The molecule has 2 aromatic heterocycles. The maximum Gasteiger partial charge on any atom is 0.277 e. The molecule has 13 heteroatoms. The van der Waals surface area contributed by atoms with Gasteiger partial charge in [0.2, 0.25) is 5.95 Å². The van der Waals surface area contributed by atoms with E-state index in [9.17, 15) is 18.0 Å². The maximum atomic E-state index is 15.2. The highest BCUT2D eigenvalue weighted by Gasteiger charge is 2.52. The summed E-state index contributed by atoms with van der Waals surface area (Å²) in [4.78, 5) is 30.5. The lowest BCUT2D eigenvalue weighted by Gasteiger charge is -2.35. The molecular formula is C22H17F4N7OS. The van der Waals surface area contributed by atoms with Crippen molar-refractivity contribution in [3.8, 4) is 0 Å². The normalized spacial score (nSPS) is 21.4. The molecule has 2 atom stereocenters. The largest absolute Gasteiger partial charge is 0.379 e. The van der Waals surface area contributed by atoms with Crippen LogP contribution in [0.5, 0.6) is 0 Å². The van der Waals surface area contributed by atoms with E-state index in [2.05, 4.69) is 25.3 Å². The molecule has 2 aliphatic heterocycles. The van der Waals surface area contributed by atoms with E-state index in [0.29, 0.717) is 18.4 Å². The number of nitrogens with two attached hydrogens (primary N) is 1. The highest BCUT2D eigenvalue weighted by Crippen LogP contribution is 2.47. The van der Waals surface area contributed by atoms with Crippen LogP contribution in [0.15, 0.2) is 47.8 Å². The zero-order chi connectivity index (χ0) is 24.7. The van der Waals surface area contributed by atoms with Gasteiger partial charge in [-0.2, -0.15) is 0 Å². The molecule has 8 nitrogen and oxygen atoms in total. The summed E-state index contributed by atoms with van der Waals surface area (Å²) in [6, 6.07) is 4.42. The highest BCUT2D eigenvalue weighted by atomic mass is 32.2. The number of thioether (sulfide) groups is 1. The first-order chi connectivity index (χ1) is 16.7. The van der Waals surface area contributed by atoms with Gasteiger partial charge in [0.15, 0.2) is 22.5 Å². The van der Waals surface area contributed by atoms with Gasteiger partial charge in [0.25, 0.3) is 5.91 Å². The lowest BCUT2D eigenvalue weighted by molar-refractivity contribution is 0.101. The minimum atomic E-state index is -1.13. The molecular weight excluding hydrogens is 486 g/mol. The van der Waals surface area contributed by atoms with Crippen molar-refractivity contribution in [1.29, 1.82) is 0 Å². The van der Waals surface area contributed by atoms with Crippen molar-refractivity contribution < 1.29 is 22.4 Å². The van der Waals surface area contributed by atoms with Gasteiger partial charge in [-0.3, -0.25) is 4.79 Å². The molecule has 0 spiro atoms. The van der Waals surface area contributed by atoms with Crippen molar-refractivity contribution in [3.63, 3.8) is 0 Å². The number of nitrogens with zero attached hydrogens (tertiary/aromatic N) is 5. The summed E-state index contributed by atoms with van der Waals surface area (Å²) in [7, 11) is 0. The quantitative estimate of drug-likeness (QED) is 0.527. The van der Waals surface area contributed by atoms with Crippen molar-refractivity contribution >= 4 is 34.5 Å². The highest BCUT2D eigenvalue weighted by molar-refractivity contribution is 8.13. The van der Waals surface area contributed by atoms with Crippen molar-refractivity contribution in [2.75, 3.05) is 29.1 Å². The molecule has 0 bridgehead atoms. The number of rotatable bonds is 4. The summed E-state index contributed by atoms with van der Waals surface area (Å²) in [6.45, 7) is 0.573. The van der Waals surface area contributed by atoms with E-state index in [4.69, 9.17) is 5.73 Å². The zero-order valence-corrected chi connectivity index (χ0v) is 18.7. The molecule has 1 saturated heterocycles. The number of aliphatic imine (C=N–C) groups is 1. The summed E-state index contributed by atoms with van der Waals surface area (Å²) >= 11 is 1.34. The number of carbonyl (C=O) groups is 1. The number of halogens is 4. The second kappa shape index (κ2) is 8.80. The van der Waals surface area contributed by atoms with E-state index in [0.717, 1.165) is 24.7 Å². The number of benzene rings is 1. The van der Waals surface area contributed by atoms with Crippen LogP contribution in [-0.4, -0.2) is 44.9 Å². The number of anilines is 2. The average molecular weight is 503 g/mol. The summed E-state index contributed by atoms with van der Waals surface area (Å²) in [5.74, 6) is -3.54. The van der Waals surface area contributed by atoms with Crippen LogP contribution in [0.2, 0.25) is 0 Å². The number of aromatic nitrogens is 3. The first-order valence-electron chi connectivity index (χ1n) is 10.4. The lowest BCUT2D eigenvalue weighted by atomic mass is 9.81. The van der Waals surface area contributed by atoms with Crippen LogP contribution in [0.3, 0.4) is 0 Å². The summed E-state index contributed by atoms with van der Waals surface area (Å²) in [5, 5.41) is 2.74. The summed E-state index contributed by atoms with van der Waals surface area (Å²) in [5.41, 5.74) is 4.63. The zero-order valence-electron chi connectivity index (χ0n) is 17.9. The van der Waals surface area contributed by atoms with Crippen molar-refractivity contribution in [2.45, 2.75) is 5.54 Å². The average Bonchev–Trinajstić information content (AvgIpc) is 3.20. The maximum absolute atomic E-state index is 15.2. The number of amides is 1. The SMILES string of the molecule is NC1=NC2(c3cc(NC(=O)c4ncc(F)cc4F)ccc3F)CN(c3ncc(F)cn3)C[C@H]2CS1. The first-order valence-corrected chi connectivity index (χ1v) is 11.4. The minimum Gasteiger partial charge on any atom is -0.379 e. The number of hydrogen-bond donors (Lipinski definition) is 2. The third-order valence-electron chi connectivity index (χ3n) is 5.89. The molecule has 1 amide bonds. The van der Waals surface area contributed by atoms with Gasteiger partial charge in [0, 0.05) is 35.5 Å². The molecule has 1 fully saturated rings. The van der Waals surface area contributed by atoms with Gasteiger partial charge in [-0.25, -0.2) is 37.5 Å². The van der Waals surface area contributed by atoms with E-state index in [1.807, 2.05) is 0 Å². The van der Waals surface area contributed by atoms with Gasteiger partial charge < -0.3 is 16.0 Å². The Morgan fingerprint density at radius 1 is 1.06 bits per heavy atom. The van der Waals surface area contributed by atoms with E-state index < -0.39 is 40.4 Å². The van der Waals surface area contributed by atoms with Gasteiger partial charge in [-0.05, 0) is 18.2 Å². The van der Waals surface area contributed by atoms with Crippen LogP contribution in [0.1, 0.15) is 16.1 Å². The van der Waals surface area contributed by atoms with Crippen molar-refractivity contribution in [2.24, 2.45) is 16.6 Å². The van der Waals surface area contributed by atoms with E-state index in [1.165, 1.54) is 23.9 Å². The third kappa shape index (κ3) is 4.27. The Hall–Kier alpha value is -3.74. The topological polar surface area (TPSA) is 109 Å². The minimum absolute atomic E-state index is 0.160. The Bertz CT molecular complexity index is 1340. The van der Waals surface area contributed by atoms with Crippen LogP contribution < -0.4 is 16.0 Å². The summed E-state index contributed by atoms with van der Waals surface area (Å²) < 4.78 is 55.7. The first kappa shape index (κ1) is 23.0. The molecule has 0 aliphatic carbocycles. The number of fused-ring (bicyclic) bond motifs is 1. The van der Waals surface area contributed by atoms with Crippen LogP contribution in [0.4, 0.5) is 29.2 Å². The molecule has 180 valence electrons. The van der Waals surface area contributed by atoms with E-state index in [1.54, 1.807) is 4.90 Å². The number of pyridine rings is 1. The van der Waals surface area contributed by atoms with E-state index in [-0.39, 0.29) is 34.8 Å². The molecule has 1 unspecified atom stereocenters. The lowest BCUT2D eigenvalue weighted by Crippen LogP contribution is -2.40. The Morgan fingerprint density at radius 2 is 1.80 bits per heavy atom. The number of hydrogen-bond acceptors (Lipinski definition) is 8. The Kier molecular flexibility index (Phi) is 5.79. The van der Waals surface area contributed by atoms with Gasteiger partial charge >= 0.3 is 0 Å².